The molecule has 1 aromatic carbocycles. The van der Waals surface area contributed by atoms with Crippen LogP contribution in [0.3, 0.4) is 0 Å². The van der Waals surface area contributed by atoms with Crippen LogP contribution in [0.25, 0.3) is 11.0 Å². The smallest absolute Gasteiger partial charge is 0.251 e. The number of carbonyl (C=O) groups excluding carboxylic acids is 1. The van der Waals surface area contributed by atoms with Crippen molar-refractivity contribution in [2.45, 2.75) is 19.9 Å². The Bertz CT molecular complexity index is 862. The summed E-state index contributed by atoms with van der Waals surface area (Å²) in [7, 11) is 0. The number of hydrogen-bond donors (Lipinski definition) is 2. The summed E-state index contributed by atoms with van der Waals surface area (Å²) in [6.45, 7) is 4.05. The molecular formula is C19H20N2O3S. The number of hydrogen-bond acceptors (Lipinski definition) is 5. The van der Waals surface area contributed by atoms with Crippen molar-refractivity contribution in [1.82, 2.24) is 10.3 Å². The maximum Gasteiger partial charge on any atom is 0.251 e. The summed E-state index contributed by atoms with van der Waals surface area (Å²) in [5.74, 6) is 0.999. The number of aromatic nitrogens is 1. The van der Waals surface area contributed by atoms with E-state index < -0.39 is 0 Å². The Morgan fingerprint density at radius 2 is 2.20 bits per heavy atom. The maximum absolute atomic E-state index is 11.5. The van der Waals surface area contributed by atoms with Gasteiger partial charge in [0.25, 0.3) is 5.12 Å². The summed E-state index contributed by atoms with van der Waals surface area (Å²) in [6.07, 6.45) is 4.49. The highest BCUT2D eigenvalue weighted by atomic mass is 32.1. The Morgan fingerprint density at radius 1 is 1.32 bits per heavy atom. The predicted molar refractivity (Wildman–Crippen MR) is 100 cm³/mol. The van der Waals surface area contributed by atoms with Crippen molar-refractivity contribution < 1.29 is 13.9 Å². The molecule has 2 heterocycles. The largest absolute Gasteiger partial charge is 0.493 e. The minimum absolute atomic E-state index is 0.271. The Balaban J connectivity index is 1.54. The average molecular weight is 356 g/mol. The first-order valence-corrected chi connectivity index (χ1v) is 8.59. The van der Waals surface area contributed by atoms with E-state index in [1.807, 2.05) is 43.5 Å². The zero-order chi connectivity index (χ0) is 17.6. The zero-order valence-electron chi connectivity index (χ0n) is 14.0. The molecule has 0 saturated carbocycles. The van der Waals surface area contributed by atoms with Crippen molar-refractivity contribution in [3.05, 3.63) is 59.6 Å². The number of thiol groups is 1. The van der Waals surface area contributed by atoms with Crippen LogP contribution >= 0.6 is 12.6 Å². The first-order valence-electron chi connectivity index (χ1n) is 8.14. The highest BCUT2D eigenvalue weighted by molar-refractivity contribution is 7.97. The number of furan rings is 1. The SMILES string of the molecule is Cc1c(C(=O)S)oc2cccc(OCCCNCc3cccnc3)c12. The number of carbonyl (C=O) groups is 1. The summed E-state index contributed by atoms with van der Waals surface area (Å²) in [6, 6.07) is 9.54. The fourth-order valence-electron chi connectivity index (χ4n) is 2.70. The van der Waals surface area contributed by atoms with E-state index in [4.69, 9.17) is 9.15 Å². The number of fused-ring (bicyclic) bond motifs is 1. The lowest BCUT2D eigenvalue weighted by Crippen LogP contribution is -2.17. The highest BCUT2D eigenvalue weighted by Crippen LogP contribution is 2.33. The fraction of sp³-hybridized carbons (Fsp3) is 0.263. The Labute approximate surface area is 151 Å². The Hall–Kier alpha value is -2.31. The lowest BCUT2D eigenvalue weighted by atomic mass is 10.1. The van der Waals surface area contributed by atoms with Gasteiger partial charge in [-0.05, 0) is 43.7 Å². The molecule has 0 atom stereocenters. The van der Waals surface area contributed by atoms with E-state index in [0.29, 0.717) is 12.2 Å². The van der Waals surface area contributed by atoms with Gasteiger partial charge in [-0.25, -0.2) is 0 Å². The van der Waals surface area contributed by atoms with E-state index in [1.165, 1.54) is 0 Å². The molecule has 0 unspecified atom stereocenters. The van der Waals surface area contributed by atoms with Gasteiger partial charge in [0.05, 0.1) is 12.0 Å². The predicted octanol–water partition coefficient (Wildman–Crippen LogP) is 3.76. The van der Waals surface area contributed by atoms with E-state index >= 15 is 0 Å². The summed E-state index contributed by atoms with van der Waals surface area (Å²) >= 11 is 3.85. The van der Waals surface area contributed by atoms with Crippen LogP contribution in [0, 0.1) is 6.92 Å². The molecule has 5 nitrogen and oxygen atoms in total. The van der Waals surface area contributed by atoms with E-state index in [0.717, 1.165) is 41.8 Å². The number of nitrogens with zero attached hydrogens (tertiary/aromatic N) is 1. The number of aryl methyl sites for hydroxylation is 1. The fourth-order valence-corrected chi connectivity index (χ4v) is 2.92. The molecule has 3 rings (SSSR count). The van der Waals surface area contributed by atoms with Crippen LogP contribution in [0.4, 0.5) is 0 Å². The molecule has 6 heteroatoms. The average Bonchev–Trinajstić information content (AvgIpc) is 2.97. The Kier molecular flexibility index (Phi) is 5.73. The summed E-state index contributed by atoms with van der Waals surface area (Å²) in [5.41, 5.74) is 2.56. The summed E-state index contributed by atoms with van der Waals surface area (Å²) in [4.78, 5) is 15.6. The second-order valence-corrected chi connectivity index (χ2v) is 6.14. The van der Waals surface area contributed by atoms with E-state index in [-0.39, 0.29) is 10.9 Å². The molecule has 0 bridgehead atoms. The molecule has 25 heavy (non-hydrogen) atoms. The van der Waals surface area contributed by atoms with Crippen molar-refractivity contribution in [2.75, 3.05) is 13.2 Å². The highest BCUT2D eigenvalue weighted by Gasteiger charge is 2.17. The molecule has 0 saturated heterocycles. The van der Waals surface area contributed by atoms with Gasteiger partial charge in [-0.1, -0.05) is 24.8 Å². The molecule has 130 valence electrons. The minimum Gasteiger partial charge on any atom is -0.493 e. The zero-order valence-corrected chi connectivity index (χ0v) is 14.9. The standard InChI is InChI=1S/C19H20N2O3S/c1-13-17-15(6-2-7-16(17)24-18(13)19(22)25)23-10-4-9-21-12-14-5-3-8-20-11-14/h2-3,5-8,11,21H,4,9-10,12H2,1H3,(H,22,25). The van der Waals surface area contributed by atoms with Crippen LogP contribution in [0.15, 0.2) is 47.1 Å². The molecule has 0 spiro atoms. The number of nitrogens with one attached hydrogen (secondary N) is 1. The summed E-state index contributed by atoms with van der Waals surface area (Å²) in [5, 5.41) is 3.82. The van der Waals surface area contributed by atoms with Crippen LogP contribution in [0.2, 0.25) is 0 Å². The lowest BCUT2D eigenvalue weighted by Gasteiger charge is -2.08. The molecule has 1 N–H and O–H groups in total. The lowest BCUT2D eigenvalue weighted by molar-refractivity contribution is 0.106. The maximum atomic E-state index is 11.5. The number of ether oxygens (including phenoxy) is 1. The molecule has 0 fully saturated rings. The van der Waals surface area contributed by atoms with Gasteiger partial charge in [0, 0.05) is 24.5 Å². The van der Waals surface area contributed by atoms with Crippen molar-refractivity contribution in [2.24, 2.45) is 0 Å². The van der Waals surface area contributed by atoms with Gasteiger partial charge >= 0.3 is 0 Å². The van der Waals surface area contributed by atoms with Crippen LogP contribution < -0.4 is 10.1 Å². The van der Waals surface area contributed by atoms with Gasteiger partial charge in [0.1, 0.15) is 11.3 Å². The number of benzene rings is 1. The van der Waals surface area contributed by atoms with Crippen molar-refractivity contribution in [1.29, 1.82) is 0 Å². The molecule has 2 aromatic heterocycles. The van der Waals surface area contributed by atoms with Gasteiger partial charge in [-0.3, -0.25) is 9.78 Å². The Morgan fingerprint density at radius 3 is 2.96 bits per heavy atom. The van der Waals surface area contributed by atoms with Gasteiger partial charge < -0.3 is 14.5 Å². The third-order valence-electron chi connectivity index (χ3n) is 3.92. The van der Waals surface area contributed by atoms with E-state index in [9.17, 15) is 4.79 Å². The van der Waals surface area contributed by atoms with Gasteiger partial charge in [-0.15, -0.1) is 0 Å². The molecule has 0 amide bonds. The van der Waals surface area contributed by atoms with Crippen molar-refractivity contribution in [3.8, 4) is 5.75 Å². The van der Waals surface area contributed by atoms with Crippen LogP contribution in [-0.2, 0) is 6.54 Å². The van der Waals surface area contributed by atoms with Crippen LogP contribution in [0.1, 0.15) is 28.1 Å². The normalized spacial score (nSPS) is 11.0. The first-order chi connectivity index (χ1) is 12.2. The third-order valence-corrected chi connectivity index (χ3v) is 4.12. The second kappa shape index (κ2) is 8.18. The monoisotopic (exact) mass is 356 g/mol. The number of pyridine rings is 1. The van der Waals surface area contributed by atoms with Gasteiger partial charge in [-0.2, -0.15) is 0 Å². The van der Waals surface area contributed by atoms with Gasteiger partial charge in [0.15, 0.2) is 5.76 Å². The van der Waals surface area contributed by atoms with Crippen molar-refractivity contribution in [3.63, 3.8) is 0 Å². The summed E-state index contributed by atoms with van der Waals surface area (Å²) < 4.78 is 11.5. The van der Waals surface area contributed by atoms with Crippen LogP contribution in [-0.4, -0.2) is 23.3 Å². The van der Waals surface area contributed by atoms with E-state index in [2.05, 4.69) is 22.9 Å². The first kappa shape index (κ1) is 17.5. The number of rotatable bonds is 8. The topological polar surface area (TPSA) is 64.4 Å². The molecular weight excluding hydrogens is 336 g/mol. The second-order valence-electron chi connectivity index (χ2n) is 5.73. The quantitative estimate of drug-likeness (QED) is 0.475. The van der Waals surface area contributed by atoms with E-state index in [1.54, 1.807) is 6.20 Å². The van der Waals surface area contributed by atoms with Gasteiger partial charge in [0.2, 0.25) is 0 Å². The molecule has 0 aliphatic heterocycles. The molecule has 3 aromatic rings. The molecule has 0 radical (unpaired) electrons. The third kappa shape index (κ3) is 4.21. The van der Waals surface area contributed by atoms with Crippen molar-refractivity contribution >= 4 is 28.7 Å². The minimum atomic E-state index is -0.376. The van der Waals surface area contributed by atoms with Crippen LogP contribution in [0.5, 0.6) is 5.75 Å². The molecule has 0 aliphatic carbocycles. The molecule has 0 aliphatic rings.